The molecular weight excluding hydrogens is 607 g/mol. The van der Waals surface area contributed by atoms with Gasteiger partial charge >= 0.3 is 0 Å². The molecule has 9 heteroatoms. The number of aliphatic hydroxyl groups is 1. The number of unbranched alkanes of at least 4 members (excludes halogenated alkanes) is 2. The molecule has 5 atom stereocenters. The zero-order valence-electron chi connectivity index (χ0n) is 28.4. The topological polar surface area (TPSA) is 81.4 Å². The van der Waals surface area contributed by atoms with Gasteiger partial charge in [-0.2, -0.15) is 5.26 Å². The SMILES string of the molecule is CCN(C(C)O)P(OCCC#N)OCCCCCC1(C)c2ccccc2N2CCC3Oc4c(cc5c6c4CCCN6CCC5)C=C3C21. The second-order valence-electron chi connectivity index (χ2n) is 14.1. The molecule has 0 aliphatic carbocycles. The molecule has 5 heterocycles. The minimum atomic E-state index is -1.39. The van der Waals surface area contributed by atoms with Crippen molar-refractivity contribution in [2.24, 2.45) is 0 Å². The van der Waals surface area contributed by atoms with Crippen molar-refractivity contribution >= 4 is 26.0 Å². The van der Waals surface area contributed by atoms with Gasteiger partial charge in [0.05, 0.1) is 31.7 Å². The molecule has 0 radical (unpaired) electrons. The molecule has 0 amide bonds. The molecule has 8 nitrogen and oxygen atoms in total. The number of ether oxygens (including phenoxy) is 1. The molecular formula is C38H51N4O4P. The number of anilines is 2. The van der Waals surface area contributed by atoms with Crippen molar-refractivity contribution in [3.63, 3.8) is 0 Å². The Hall–Kier alpha value is -2.66. The summed E-state index contributed by atoms with van der Waals surface area (Å²) in [5.41, 5.74) is 10.1. The first-order chi connectivity index (χ1) is 22.9. The molecule has 5 aliphatic rings. The van der Waals surface area contributed by atoms with Crippen LogP contribution in [0.3, 0.4) is 0 Å². The highest BCUT2D eigenvalue weighted by atomic mass is 31.2. The van der Waals surface area contributed by atoms with Crippen LogP contribution < -0.4 is 14.5 Å². The van der Waals surface area contributed by atoms with Crippen LogP contribution in [0, 0.1) is 11.3 Å². The van der Waals surface area contributed by atoms with Crippen molar-refractivity contribution in [3.05, 3.63) is 58.2 Å². The summed E-state index contributed by atoms with van der Waals surface area (Å²) in [6, 6.07) is 14.0. The Balaban J connectivity index is 1.08. The van der Waals surface area contributed by atoms with E-state index in [4.69, 9.17) is 19.0 Å². The Labute approximate surface area is 282 Å². The van der Waals surface area contributed by atoms with Gasteiger partial charge in [-0.15, -0.1) is 0 Å². The number of aryl methyl sites for hydroxylation is 1. The monoisotopic (exact) mass is 658 g/mol. The van der Waals surface area contributed by atoms with Crippen LogP contribution in [0.4, 0.5) is 11.4 Å². The van der Waals surface area contributed by atoms with E-state index >= 15 is 0 Å². The molecule has 0 saturated carbocycles. The molecule has 1 fully saturated rings. The molecule has 7 rings (SSSR count). The highest BCUT2D eigenvalue weighted by molar-refractivity contribution is 7.44. The number of hydrogen-bond acceptors (Lipinski definition) is 8. The van der Waals surface area contributed by atoms with Crippen LogP contribution in [-0.4, -0.2) is 67.5 Å². The second kappa shape index (κ2) is 14.1. The summed E-state index contributed by atoms with van der Waals surface area (Å²) in [4.78, 5) is 5.30. The summed E-state index contributed by atoms with van der Waals surface area (Å²) >= 11 is 0. The maximum absolute atomic E-state index is 10.2. The largest absolute Gasteiger partial charge is 0.485 e. The number of para-hydroxylation sites is 1. The van der Waals surface area contributed by atoms with Gasteiger partial charge in [0.2, 0.25) is 0 Å². The van der Waals surface area contributed by atoms with Gasteiger partial charge in [0.1, 0.15) is 18.1 Å². The lowest BCUT2D eigenvalue weighted by atomic mass is 9.69. The normalized spacial score (nSPS) is 25.1. The maximum Gasteiger partial charge on any atom is 0.260 e. The Morgan fingerprint density at radius 1 is 1.13 bits per heavy atom. The first-order valence-electron chi connectivity index (χ1n) is 18.0. The minimum absolute atomic E-state index is 0.0134. The van der Waals surface area contributed by atoms with Crippen LogP contribution in [0.2, 0.25) is 0 Å². The maximum atomic E-state index is 10.2. The van der Waals surface area contributed by atoms with E-state index in [1.807, 2.05) is 11.6 Å². The number of piperidine rings is 1. The average Bonchev–Trinajstić information content (AvgIpc) is 3.34. The van der Waals surface area contributed by atoms with E-state index in [0.717, 1.165) is 45.1 Å². The quantitative estimate of drug-likeness (QED) is 0.135. The van der Waals surface area contributed by atoms with E-state index in [2.05, 4.69) is 59.2 Å². The number of rotatable bonds is 13. The van der Waals surface area contributed by atoms with Gasteiger partial charge in [0.15, 0.2) is 0 Å². The van der Waals surface area contributed by atoms with Crippen molar-refractivity contribution in [2.75, 3.05) is 49.2 Å². The first kappa shape index (κ1) is 32.9. The Morgan fingerprint density at radius 2 is 1.94 bits per heavy atom. The summed E-state index contributed by atoms with van der Waals surface area (Å²) in [5, 5.41) is 19.2. The minimum Gasteiger partial charge on any atom is -0.485 e. The number of benzene rings is 2. The molecule has 2 aromatic rings. The van der Waals surface area contributed by atoms with Crippen LogP contribution in [0.5, 0.6) is 5.75 Å². The van der Waals surface area contributed by atoms with E-state index in [0.29, 0.717) is 26.2 Å². The van der Waals surface area contributed by atoms with Gasteiger partial charge in [-0.25, -0.2) is 4.67 Å². The number of nitrogens with zero attached hydrogens (tertiary/aromatic N) is 4. The summed E-state index contributed by atoms with van der Waals surface area (Å²) in [6.45, 7) is 11.1. The highest BCUT2D eigenvalue weighted by Gasteiger charge is 2.53. The highest BCUT2D eigenvalue weighted by Crippen LogP contribution is 2.55. The van der Waals surface area contributed by atoms with Gasteiger partial charge in [-0.1, -0.05) is 44.9 Å². The Bertz CT molecular complexity index is 1520. The van der Waals surface area contributed by atoms with Gasteiger partial charge in [0.25, 0.3) is 8.53 Å². The molecule has 1 saturated heterocycles. The molecule has 1 N–H and O–H groups in total. The fraction of sp³-hybridized carbons (Fsp3) is 0.605. The van der Waals surface area contributed by atoms with Crippen molar-refractivity contribution in [2.45, 2.75) is 109 Å². The molecule has 0 aromatic heterocycles. The van der Waals surface area contributed by atoms with Gasteiger partial charge < -0.3 is 28.7 Å². The van der Waals surface area contributed by atoms with Gasteiger partial charge in [-0.05, 0) is 80.4 Å². The third-order valence-corrected chi connectivity index (χ3v) is 12.9. The fourth-order valence-electron chi connectivity index (χ4n) is 9.01. The smallest absolute Gasteiger partial charge is 0.260 e. The van der Waals surface area contributed by atoms with E-state index in [1.165, 1.54) is 77.3 Å². The van der Waals surface area contributed by atoms with Crippen molar-refractivity contribution in [3.8, 4) is 11.8 Å². The Morgan fingerprint density at radius 3 is 2.74 bits per heavy atom. The second-order valence-corrected chi connectivity index (χ2v) is 15.6. The van der Waals surface area contributed by atoms with Crippen LogP contribution in [-0.2, 0) is 27.3 Å². The first-order valence-corrected chi connectivity index (χ1v) is 19.1. The van der Waals surface area contributed by atoms with Gasteiger partial charge in [0, 0.05) is 60.5 Å². The zero-order valence-corrected chi connectivity index (χ0v) is 29.3. The average molecular weight is 659 g/mol. The predicted molar refractivity (Wildman–Crippen MR) is 189 cm³/mol. The van der Waals surface area contributed by atoms with Crippen LogP contribution in [0.15, 0.2) is 35.9 Å². The van der Waals surface area contributed by atoms with Crippen LogP contribution in [0.1, 0.15) is 94.4 Å². The van der Waals surface area contributed by atoms with E-state index in [9.17, 15) is 5.11 Å². The number of nitriles is 1. The van der Waals surface area contributed by atoms with Crippen LogP contribution >= 0.6 is 8.53 Å². The van der Waals surface area contributed by atoms with E-state index in [1.54, 1.807) is 6.92 Å². The third-order valence-electron chi connectivity index (χ3n) is 11.1. The zero-order chi connectivity index (χ0) is 32.5. The summed E-state index contributed by atoms with van der Waals surface area (Å²) in [7, 11) is -1.39. The lowest BCUT2D eigenvalue weighted by Gasteiger charge is -2.47. The molecule has 5 unspecified atom stereocenters. The molecule has 0 spiro atoms. The van der Waals surface area contributed by atoms with Crippen molar-refractivity contribution < 1.29 is 18.9 Å². The fourth-order valence-corrected chi connectivity index (χ4v) is 10.4. The molecule has 47 heavy (non-hydrogen) atoms. The summed E-state index contributed by atoms with van der Waals surface area (Å²) in [6.07, 6.45) is 12.3. The number of aliphatic hydroxyl groups excluding tert-OH is 1. The van der Waals surface area contributed by atoms with E-state index < -0.39 is 14.8 Å². The summed E-state index contributed by atoms with van der Waals surface area (Å²) < 4.78 is 21.0. The predicted octanol–water partition coefficient (Wildman–Crippen LogP) is 7.47. The Kier molecular flexibility index (Phi) is 9.83. The molecule has 0 bridgehead atoms. The standard InChI is InChI=1S/C38H51N4O4P/c1-4-42(27(2)43)47(45-24-12-19-39)44-23-9-5-8-18-38(3)32-15-6-7-16-33(32)41-22-17-34-31(37(38)41)26-29-25-28-13-10-20-40-21-11-14-30(35(28)40)36(29)46-34/h6-7,15-16,25-27,34,37,43H,4-5,8-14,17-18,20-24H2,1-3H3. The summed E-state index contributed by atoms with van der Waals surface area (Å²) in [5.74, 6) is 1.17. The lowest BCUT2D eigenvalue weighted by molar-refractivity contribution is 0.0601. The van der Waals surface area contributed by atoms with Crippen LogP contribution in [0.25, 0.3) is 6.08 Å². The lowest BCUT2D eigenvalue weighted by Crippen LogP contribution is -2.53. The molecule has 252 valence electrons. The third kappa shape index (κ3) is 6.08. The van der Waals surface area contributed by atoms with E-state index in [-0.39, 0.29) is 17.6 Å². The number of fused-ring (bicyclic) bond motifs is 7. The molecule has 5 aliphatic heterocycles. The molecule has 2 aromatic carbocycles. The number of hydrogen-bond donors (Lipinski definition) is 1. The van der Waals surface area contributed by atoms with Gasteiger partial charge in [-0.3, -0.25) is 0 Å². The van der Waals surface area contributed by atoms with Crippen molar-refractivity contribution in [1.82, 2.24) is 4.67 Å². The van der Waals surface area contributed by atoms with Crippen molar-refractivity contribution in [1.29, 1.82) is 5.26 Å².